The molecule has 0 atom stereocenters. The molecule has 0 aliphatic heterocycles. The zero-order valence-electron chi connectivity index (χ0n) is 12.5. The Morgan fingerprint density at radius 3 is 1.33 bits per heavy atom. The highest BCUT2D eigenvalue weighted by Crippen LogP contribution is 2.36. The maximum absolute atomic E-state index is 12.2. The average molecular weight is 411 g/mol. The molecule has 0 fully saturated rings. The van der Waals surface area contributed by atoms with E-state index in [2.05, 4.69) is 8.37 Å². The van der Waals surface area contributed by atoms with Gasteiger partial charge in [0, 0.05) is 21.2 Å². The zero-order valence-corrected chi connectivity index (χ0v) is 15.6. The quantitative estimate of drug-likeness (QED) is 0.702. The fourth-order valence-corrected chi connectivity index (χ4v) is 4.30. The summed E-state index contributed by atoms with van der Waals surface area (Å²) in [5.41, 5.74) is 0.182. The fraction of sp³-hybridized carbons (Fsp3) is 0.143. The smallest absolute Gasteiger partial charge is 0.270 e. The highest BCUT2D eigenvalue weighted by molar-refractivity contribution is 7.87. The van der Waals surface area contributed by atoms with Gasteiger partial charge in [-0.25, -0.2) is 0 Å². The van der Waals surface area contributed by atoms with Crippen LogP contribution >= 0.6 is 23.2 Å². The summed E-state index contributed by atoms with van der Waals surface area (Å²) in [6, 6.07) is 7.98. The second kappa shape index (κ2) is 6.99. The van der Waals surface area contributed by atoms with E-state index in [1.54, 1.807) is 0 Å². The van der Waals surface area contributed by atoms with Crippen LogP contribution in [-0.4, -0.2) is 31.1 Å². The lowest BCUT2D eigenvalue weighted by molar-refractivity contribution is 0.396. The molecule has 0 saturated carbocycles. The SMILES string of the molecule is COS(=O)(=O)c1cc(Cl)ccc1-c1ccc(Cl)cc1S(=O)(=O)OC. The van der Waals surface area contributed by atoms with E-state index in [1.807, 2.05) is 0 Å². The number of hydrogen-bond acceptors (Lipinski definition) is 6. The lowest BCUT2D eigenvalue weighted by atomic mass is 10.1. The maximum atomic E-state index is 12.2. The van der Waals surface area contributed by atoms with Crippen LogP contribution in [0.25, 0.3) is 11.1 Å². The van der Waals surface area contributed by atoms with E-state index in [1.165, 1.54) is 36.4 Å². The molecule has 0 bridgehead atoms. The summed E-state index contributed by atoms with van der Waals surface area (Å²) >= 11 is 11.7. The van der Waals surface area contributed by atoms with Crippen LogP contribution in [0.2, 0.25) is 10.0 Å². The third-order valence-corrected chi connectivity index (χ3v) is 6.26. The van der Waals surface area contributed by atoms with Gasteiger partial charge in [0.15, 0.2) is 0 Å². The van der Waals surface area contributed by atoms with Gasteiger partial charge in [0.05, 0.1) is 14.2 Å². The number of benzene rings is 2. The summed E-state index contributed by atoms with van der Waals surface area (Å²) in [7, 11) is -6.27. The first-order valence-corrected chi connectivity index (χ1v) is 9.90. The van der Waals surface area contributed by atoms with Crippen molar-refractivity contribution in [1.29, 1.82) is 0 Å². The molecule has 0 saturated heterocycles. The van der Waals surface area contributed by atoms with Gasteiger partial charge in [0.2, 0.25) is 0 Å². The van der Waals surface area contributed by atoms with Gasteiger partial charge in [-0.15, -0.1) is 0 Å². The molecular formula is C14H12Cl2O6S2. The molecule has 2 aromatic rings. The van der Waals surface area contributed by atoms with Crippen LogP contribution in [0.1, 0.15) is 0 Å². The van der Waals surface area contributed by atoms with Crippen LogP contribution in [-0.2, 0) is 28.6 Å². The van der Waals surface area contributed by atoms with E-state index in [0.717, 1.165) is 14.2 Å². The van der Waals surface area contributed by atoms with Gasteiger partial charge in [0.1, 0.15) is 9.79 Å². The van der Waals surface area contributed by atoms with Crippen LogP contribution < -0.4 is 0 Å². The van der Waals surface area contributed by atoms with Gasteiger partial charge in [-0.2, -0.15) is 16.8 Å². The van der Waals surface area contributed by atoms with Crippen LogP contribution in [0.5, 0.6) is 0 Å². The standard InChI is InChI=1S/C14H12Cl2O6S2/c1-21-23(17,18)13-7-9(15)3-5-11(13)12-6-4-10(16)8-14(12)24(19,20)22-2/h3-8H,1-2H3. The van der Waals surface area contributed by atoms with Crippen molar-refractivity contribution in [3.05, 3.63) is 46.4 Å². The molecule has 0 heterocycles. The largest absolute Gasteiger partial charge is 0.297 e. The predicted molar refractivity (Wildman–Crippen MR) is 90.3 cm³/mol. The van der Waals surface area contributed by atoms with Crippen molar-refractivity contribution in [1.82, 2.24) is 0 Å². The molecule has 0 radical (unpaired) electrons. The topological polar surface area (TPSA) is 86.7 Å². The summed E-state index contributed by atoms with van der Waals surface area (Å²) in [5.74, 6) is 0. The maximum Gasteiger partial charge on any atom is 0.297 e. The van der Waals surface area contributed by atoms with Crippen molar-refractivity contribution >= 4 is 43.4 Å². The Morgan fingerprint density at radius 2 is 1.04 bits per heavy atom. The minimum absolute atomic E-state index is 0.0912. The monoisotopic (exact) mass is 410 g/mol. The average Bonchev–Trinajstić information content (AvgIpc) is 2.55. The Balaban J connectivity index is 2.89. The van der Waals surface area contributed by atoms with Gasteiger partial charge in [-0.05, 0) is 24.3 Å². The first-order valence-electron chi connectivity index (χ1n) is 6.33. The molecule has 0 amide bonds. The van der Waals surface area contributed by atoms with Crippen molar-refractivity contribution < 1.29 is 25.2 Å². The van der Waals surface area contributed by atoms with Crippen LogP contribution in [0, 0.1) is 0 Å². The van der Waals surface area contributed by atoms with Crippen molar-refractivity contribution in [3.8, 4) is 11.1 Å². The second-order valence-electron chi connectivity index (χ2n) is 4.52. The third kappa shape index (κ3) is 3.74. The predicted octanol–water partition coefficient (Wildman–Crippen LogP) is 3.33. The summed E-state index contributed by atoms with van der Waals surface area (Å²) in [5, 5.41) is 0.305. The Hall–Kier alpha value is -1.16. The minimum atomic E-state index is -4.13. The van der Waals surface area contributed by atoms with E-state index in [-0.39, 0.29) is 31.0 Å². The van der Waals surface area contributed by atoms with E-state index < -0.39 is 20.2 Å². The third-order valence-electron chi connectivity index (χ3n) is 3.15. The molecule has 0 aliphatic rings. The molecule has 24 heavy (non-hydrogen) atoms. The minimum Gasteiger partial charge on any atom is -0.270 e. The fourth-order valence-electron chi connectivity index (χ4n) is 2.03. The molecule has 2 rings (SSSR count). The Kier molecular flexibility index (Phi) is 5.58. The molecule has 0 spiro atoms. The van der Waals surface area contributed by atoms with Gasteiger partial charge in [-0.3, -0.25) is 8.37 Å². The number of hydrogen-bond donors (Lipinski definition) is 0. The summed E-state index contributed by atoms with van der Waals surface area (Å²) in [6.45, 7) is 0. The molecule has 130 valence electrons. The molecule has 2 aromatic carbocycles. The van der Waals surface area contributed by atoms with E-state index in [9.17, 15) is 16.8 Å². The normalized spacial score (nSPS) is 12.3. The van der Waals surface area contributed by atoms with Gasteiger partial charge in [0.25, 0.3) is 20.2 Å². The first kappa shape index (κ1) is 19.2. The molecule has 0 aliphatic carbocycles. The van der Waals surface area contributed by atoms with Crippen molar-refractivity contribution in [2.24, 2.45) is 0 Å². The van der Waals surface area contributed by atoms with E-state index in [4.69, 9.17) is 23.2 Å². The first-order chi connectivity index (χ1) is 11.1. The Bertz CT molecular complexity index is 903. The van der Waals surface area contributed by atoms with E-state index in [0.29, 0.717) is 0 Å². The highest BCUT2D eigenvalue weighted by atomic mass is 35.5. The van der Waals surface area contributed by atoms with Crippen LogP contribution in [0.15, 0.2) is 46.2 Å². The van der Waals surface area contributed by atoms with Crippen LogP contribution in [0.4, 0.5) is 0 Å². The molecule has 0 aromatic heterocycles. The molecular weight excluding hydrogens is 399 g/mol. The number of rotatable bonds is 5. The summed E-state index contributed by atoms with van der Waals surface area (Å²) in [6.07, 6.45) is 0. The Labute approximate surface area is 150 Å². The van der Waals surface area contributed by atoms with Crippen molar-refractivity contribution in [2.45, 2.75) is 9.79 Å². The van der Waals surface area contributed by atoms with Crippen molar-refractivity contribution in [2.75, 3.05) is 14.2 Å². The van der Waals surface area contributed by atoms with Gasteiger partial charge in [-0.1, -0.05) is 35.3 Å². The highest BCUT2D eigenvalue weighted by Gasteiger charge is 2.25. The zero-order chi connectivity index (χ0) is 18.1. The molecule has 0 N–H and O–H groups in total. The van der Waals surface area contributed by atoms with Gasteiger partial charge < -0.3 is 0 Å². The number of halogens is 2. The summed E-state index contributed by atoms with van der Waals surface area (Å²) < 4.78 is 57.7. The lowest BCUT2D eigenvalue weighted by Crippen LogP contribution is -2.08. The van der Waals surface area contributed by atoms with Crippen molar-refractivity contribution in [3.63, 3.8) is 0 Å². The molecule has 6 nitrogen and oxygen atoms in total. The van der Waals surface area contributed by atoms with Crippen LogP contribution in [0.3, 0.4) is 0 Å². The second-order valence-corrected chi connectivity index (χ2v) is 8.76. The lowest BCUT2D eigenvalue weighted by Gasteiger charge is -2.14. The van der Waals surface area contributed by atoms with E-state index >= 15 is 0 Å². The Morgan fingerprint density at radius 1 is 0.708 bits per heavy atom. The molecule has 10 heteroatoms. The summed E-state index contributed by atoms with van der Waals surface area (Å²) in [4.78, 5) is -0.542. The van der Waals surface area contributed by atoms with Gasteiger partial charge >= 0.3 is 0 Å². The molecule has 0 unspecified atom stereocenters.